The Bertz CT molecular complexity index is 1880. The zero-order chi connectivity index (χ0) is 45.6. The largest absolute Gasteiger partial charge is 0.394 e. The van der Waals surface area contributed by atoms with Gasteiger partial charge in [-0.25, -0.2) is 0 Å². The Hall–Kier alpha value is -5.28. The molecule has 0 spiro atoms. The Morgan fingerprint density at radius 1 is 0.613 bits per heavy atom. The van der Waals surface area contributed by atoms with Gasteiger partial charge < -0.3 is 70.0 Å². The molecule has 1 unspecified atom stereocenters. The Morgan fingerprint density at radius 3 is 1.74 bits per heavy atom. The second kappa shape index (κ2) is 26.9. The molecule has 342 valence electrons. The van der Waals surface area contributed by atoms with Crippen molar-refractivity contribution in [2.45, 2.75) is 114 Å². The monoisotopic (exact) mass is 866 g/mol. The Morgan fingerprint density at radius 2 is 1.13 bits per heavy atom. The maximum absolute atomic E-state index is 14.4. The number of fused-ring (bicyclic) bond motifs is 1. The summed E-state index contributed by atoms with van der Waals surface area (Å²) in [4.78, 5) is 83.7. The number of aromatic nitrogens is 1. The van der Waals surface area contributed by atoms with Crippen molar-refractivity contribution in [3.63, 3.8) is 0 Å². The van der Waals surface area contributed by atoms with Crippen molar-refractivity contribution in [1.82, 2.24) is 36.9 Å². The average molecular weight is 866 g/mol. The number of hydrogen-bond acceptors (Lipinski definition) is 13. The van der Waals surface area contributed by atoms with Gasteiger partial charge >= 0.3 is 0 Å². The van der Waals surface area contributed by atoms with E-state index in [2.05, 4.69) is 36.9 Å². The number of Topliss-reactive ketones (excluding diaryl/α,β-unsaturated/α-hetero) is 1. The third kappa shape index (κ3) is 16.2. The van der Waals surface area contributed by atoms with E-state index in [9.17, 15) is 39.0 Å². The van der Waals surface area contributed by atoms with Crippen molar-refractivity contribution in [2.24, 2.45) is 22.9 Å². The Labute approximate surface area is 362 Å². The van der Waals surface area contributed by atoms with Gasteiger partial charge in [0.1, 0.15) is 24.2 Å². The number of para-hydroxylation sites is 1. The summed E-state index contributed by atoms with van der Waals surface area (Å²) in [5, 5.41) is 37.1. The quantitative estimate of drug-likeness (QED) is 0.0354. The molecule has 0 aliphatic carbocycles. The van der Waals surface area contributed by atoms with Crippen LogP contribution >= 0.6 is 0 Å². The van der Waals surface area contributed by atoms with E-state index < -0.39 is 91.1 Å². The molecule has 62 heavy (non-hydrogen) atoms. The molecular weight excluding hydrogens is 799 g/mol. The van der Waals surface area contributed by atoms with E-state index in [-0.39, 0.29) is 38.1 Å². The summed E-state index contributed by atoms with van der Waals surface area (Å²) >= 11 is 0. The summed E-state index contributed by atoms with van der Waals surface area (Å²) in [6.07, 6.45) is 4.23. The minimum Gasteiger partial charge on any atom is -0.394 e. The fraction of sp³-hybridized carbons (Fsp3) is 0.535. The highest BCUT2D eigenvalue weighted by Crippen LogP contribution is 2.20. The van der Waals surface area contributed by atoms with E-state index in [1.54, 1.807) is 13.1 Å². The smallest absolute Gasteiger partial charge is 0.245 e. The lowest BCUT2D eigenvalue weighted by Gasteiger charge is -2.32. The van der Waals surface area contributed by atoms with Crippen molar-refractivity contribution in [3.05, 3.63) is 71.9 Å². The molecule has 17 N–H and O–H groups in total. The number of rotatable bonds is 29. The first kappa shape index (κ1) is 51.1. The first-order chi connectivity index (χ1) is 29.8. The number of carbonyl (C=O) groups excluding carboxylic acids is 6. The van der Waals surface area contributed by atoms with Gasteiger partial charge in [-0.15, -0.1) is 0 Å². The van der Waals surface area contributed by atoms with Gasteiger partial charge in [-0.3, -0.25) is 28.8 Å². The maximum Gasteiger partial charge on any atom is 0.245 e. The van der Waals surface area contributed by atoms with E-state index in [4.69, 9.17) is 22.9 Å². The minimum absolute atomic E-state index is 0.111. The number of hydrogen-bond donors (Lipinski definition) is 13. The van der Waals surface area contributed by atoms with Crippen molar-refractivity contribution in [1.29, 1.82) is 0 Å². The van der Waals surface area contributed by atoms with Gasteiger partial charge in [0.25, 0.3) is 0 Å². The second-order valence-corrected chi connectivity index (χ2v) is 15.5. The number of aromatic amines is 1. The summed E-state index contributed by atoms with van der Waals surface area (Å²) in [6.45, 7) is 2.52. The highest BCUT2D eigenvalue weighted by molar-refractivity contribution is 5.95. The van der Waals surface area contributed by atoms with Crippen LogP contribution < -0.4 is 54.8 Å². The molecule has 8 atom stereocenters. The van der Waals surface area contributed by atoms with Crippen LogP contribution in [-0.4, -0.2) is 132 Å². The first-order valence-corrected chi connectivity index (χ1v) is 21.2. The summed E-state index contributed by atoms with van der Waals surface area (Å²) < 4.78 is 0. The number of nitrogens with one attached hydrogen (secondary N) is 7. The molecule has 0 fully saturated rings. The van der Waals surface area contributed by atoms with E-state index in [0.29, 0.717) is 38.6 Å². The van der Waals surface area contributed by atoms with Crippen LogP contribution in [0.2, 0.25) is 0 Å². The number of aliphatic hydroxyl groups excluding tert-OH is 2. The number of benzene rings is 2. The summed E-state index contributed by atoms with van der Waals surface area (Å²) in [6, 6.07) is 8.94. The predicted molar refractivity (Wildman–Crippen MR) is 236 cm³/mol. The lowest BCUT2D eigenvalue weighted by molar-refractivity contribution is -0.133. The SMILES string of the molecule is CC(=O)[C@H](CCCN)NC(=O)[C@H](Cc1c[nH]c2ccccc12)NC(=O)[C@H](CCCN)NC(C)[C@H](Cc1ccccc1)NC(=O)[C@H](CCCN)NC(=O)[C@H](CO)NC(=O)[C@@H](N)CO. The third-order valence-corrected chi connectivity index (χ3v) is 10.6. The Balaban J connectivity index is 1.91. The number of carbonyl (C=O) groups is 6. The summed E-state index contributed by atoms with van der Waals surface area (Å²) in [7, 11) is 0. The van der Waals surface area contributed by atoms with Crippen molar-refractivity contribution in [2.75, 3.05) is 32.8 Å². The van der Waals surface area contributed by atoms with Crippen molar-refractivity contribution in [3.8, 4) is 0 Å². The third-order valence-electron chi connectivity index (χ3n) is 10.6. The molecule has 0 radical (unpaired) electrons. The minimum atomic E-state index is -1.46. The summed E-state index contributed by atoms with van der Waals surface area (Å²) in [5.74, 6) is -3.57. The van der Waals surface area contributed by atoms with Crippen LogP contribution in [0.4, 0.5) is 0 Å². The highest BCUT2D eigenvalue weighted by Gasteiger charge is 2.33. The fourth-order valence-corrected chi connectivity index (χ4v) is 6.94. The predicted octanol–water partition coefficient (Wildman–Crippen LogP) is -2.16. The van der Waals surface area contributed by atoms with Gasteiger partial charge in [-0.05, 0) is 95.6 Å². The number of H-pyrrole nitrogens is 1. The molecule has 0 aliphatic rings. The van der Waals surface area contributed by atoms with Gasteiger partial charge in [-0.2, -0.15) is 0 Å². The number of aliphatic hydroxyl groups is 2. The second-order valence-electron chi connectivity index (χ2n) is 15.5. The standard InChI is InChI=1S/C43H67N11O8/c1-26(36(21-28-11-4-3-5-12-28)52-41(60)35(17-10-20-46)51-43(62)38(25-56)54-39(58)31(47)24-55)49-34(16-9-19-45)40(59)53-37(42(61)50-32(27(2)57)15-8-18-44)22-29-23-48-33-14-7-6-13-30(29)33/h3-7,11-14,23,26,31-32,34-38,48-49,55-56H,8-10,15-22,24-25,44-47H2,1-2H3,(H,50,61)(H,51,62)(H,52,60)(H,53,59)(H,54,58)/t26?,31-,32-,34-,35-,36-,37-,38-/m0/s1. The molecule has 19 heteroatoms. The van der Waals surface area contributed by atoms with Crippen LogP contribution in [-0.2, 0) is 41.6 Å². The fourth-order valence-electron chi connectivity index (χ4n) is 6.94. The van der Waals surface area contributed by atoms with Crippen LogP contribution in [0.25, 0.3) is 10.9 Å². The number of ketones is 1. The van der Waals surface area contributed by atoms with Crippen LogP contribution in [0.5, 0.6) is 0 Å². The maximum atomic E-state index is 14.4. The zero-order valence-corrected chi connectivity index (χ0v) is 35.7. The molecule has 0 bridgehead atoms. The molecular formula is C43H67N11O8. The molecule has 1 aromatic heterocycles. The summed E-state index contributed by atoms with van der Waals surface area (Å²) in [5.41, 5.74) is 25.5. The van der Waals surface area contributed by atoms with Crippen LogP contribution in [0.1, 0.15) is 63.5 Å². The molecule has 0 saturated heterocycles. The first-order valence-electron chi connectivity index (χ1n) is 21.2. The molecule has 0 aliphatic heterocycles. The molecule has 3 aromatic rings. The van der Waals surface area contributed by atoms with Crippen LogP contribution in [0.3, 0.4) is 0 Å². The normalized spacial score (nSPS) is 15.2. The van der Waals surface area contributed by atoms with Gasteiger partial charge in [0, 0.05) is 35.6 Å². The van der Waals surface area contributed by atoms with Crippen LogP contribution in [0.15, 0.2) is 60.8 Å². The molecule has 2 aromatic carbocycles. The van der Waals surface area contributed by atoms with Gasteiger partial charge in [0.05, 0.1) is 25.3 Å². The van der Waals surface area contributed by atoms with Gasteiger partial charge in [-0.1, -0.05) is 48.5 Å². The van der Waals surface area contributed by atoms with E-state index in [0.717, 1.165) is 22.0 Å². The van der Waals surface area contributed by atoms with E-state index in [1.165, 1.54) is 6.92 Å². The molecule has 19 nitrogen and oxygen atoms in total. The molecule has 0 saturated carbocycles. The van der Waals surface area contributed by atoms with E-state index >= 15 is 0 Å². The van der Waals surface area contributed by atoms with E-state index in [1.807, 2.05) is 54.6 Å². The van der Waals surface area contributed by atoms with Crippen LogP contribution in [0, 0.1) is 0 Å². The van der Waals surface area contributed by atoms with Gasteiger partial charge in [0.2, 0.25) is 29.5 Å². The average Bonchev–Trinajstić information content (AvgIpc) is 3.68. The lowest BCUT2D eigenvalue weighted by Crippen LogP contribution is -2.61. The number of amides is 5. The molecule has 1 heterocycles. The topological polar surface area (TPSA) is 335 Å². The number of nitrogens with two attached hydrogens (primary N) is 4. The molecule has 5 amide bonds. The van der Waals surface area contributed by atoms with Gasteiger partial charge in [0.15, 0.2) is 5.78 Å². The lowest BCUT2D eigenvalue weighted by atomic mass is 9.97. The highest BCUT2D eigenvalue weighted by atomic mass is 16.3. The zero-order valence-electron chi connectivity index (χ0n) is 35.7. The van der Waals surface area contributed by atoms with Crippen molar-refractivity contribution >= 4 is 46.2 Å². The molecule has 3 rings (SSSR count). The Kier molecular flexibility index (Phi) is 22.2. The van der Waals surface area contributed by atoms with Crippen molar-refractivity contribution < 1.29 is 39.0 Å².